The Labute approximate surface area is 133 Å². The number of hydrogen-bond acceptors (Lipinski definition) is 4. The first-order valence-electron chi connectivity index (χ1n) is 6.37. The number of halogens is 2. The molecule has 1 saturated heterocycles. The first kappa shape index (κ1) is 16.5. The monoisotopic (exact) mass is 351 g/mol. The van der Waals surface area contributed by atoms with Crippen molar-refractivity contribution in [2.24, 2.45) is 0 Å². The van der Waals surface area contributed by atoms with E-state index in [0.717, 1.165) is 0 Å². The largest absolute Gasteiger partial charge is 0.376 e. The molecule has 21 heavy (non-hydrogen) atoms. The van der Waals surface area contributed by atoms with Crippen LogP contribution >= 0.6 is 22.3 Å². The smallest absolute Gasteiger partial charge is 0.261 e. The summed E-state index contributed by atoms with van der Waals surface area (Å²) in [5.74, 6) is -0.390. The van der Waals surface area contributed by atoms with E-state index in [9.17, 15) is 13.2 Å². The molecule has 8 heteroatoms. The van der Waals surface area contributed by atoms with Crippen LogP contribution in [0.25, 0.3) is 0 Å². The van der Waals surface area contributed by atoms with Crippen molar-refractivity contribution in [2.75, 3.05) is 6.61 Å². The third-order valence-corrected chi connectivity index (χ3v) is 5.19. The topological polar surface area (TPSA) is 72.5 Å². The van der Waals surface area contributed by atoms with Crippen LogP contribution in [0, 0.1) is 6.92 Å². The van der Waals surface area contributed by atoms with Crippen LogP contribution in [0.2, 0.25) is 5.02 Å². The third kappa shape index (κ3) is 3.69. The van der Waals surface area contributed by atoms with Crippen molar-refractivity contribution in [3.8, 4) is 0 Å². The highest BCUT2D eigenvalue weighted by Gasteiger charge is 2.27. The van der Waals surface area contributed by atoms with Crippen molar-refractivity contribution in [2.45, 2.75) is 37.3 Å². The van der Waals surface area contributed by atoms with Gasteiger partial charge in [0, 0.05) is 27.9 Å². The van der Waals surface area contributed by atoms with Crippen LogP contribution in [0.15, 0.2) is 17.0 Å². The zero-order valence-corrected chi connectivity index (χ0v) is 13.8. The maximum Gasteiger partial charge on any atom is 0.261 e. The molecular formula is C13H15Cl2NO4S. The van der Waals surface area contributed by atoms with Gasteiger partial charge in [-0.25, -0.2) is 8.42 Å². The Bertz CT molecular complexity index is 675. The lowest BCUT2D eigenvalue weighted by atomic mass is 10.1. The molecule has 2 atom stereocenters. The van der Waals surface area contributed by atoms with E-state index in [0.29, 0.717) is 13.0 Å². The lowest BCUT2D eigenvalue weighted by Gasteiger charge is -2.17. The SMILES string of the molecule is Cc1c(C(=O)NC2CCOC2C)cc(Cl)cc1S(=O)(=O)Cl. The van der Waals surface area contributed by atoms with Crippen LogP contribution in [-0.2, 0) is 13.8 Å². The molecule has 2 unspecified atom stereocenters. The molecule has 1 N–H and O–H groups in total. The van der Waals surface area contributed by atoms with Gasteiger partial charge in [-0.3, -0.25) is 4.79 Å². The summed E-state index contributed by atoms with van der Waals surface area (Å²) in [6, 6.07) is 2.56. The summed E-state index contributed by atoms with van der Waals surface area (Å²) in [6.07, 6.45) is 0.636. The molecule has 0 bridgehead atoms. The number of carbonyl (C=O) groups excluding carboxylic acids is 1. The first-order chi connectivity index (χ1) is 9.70. The van der Waals surface area contributed by atoms with Crippen molar-refractivity contribution < 1.29 is 17.9 Å². The van der Waals surface area contributed by atoms with Gasteiger partial charge in [-0.1, -0.05) is 11.6 Å². The van der Waals surface area contributed by atoms with Crippen molar-refractivity contribution >= 4 is 37.2 Å². The normalized spacial score (nSPS) is 22.3. The molecule has 0 aliphatic carbocycles. The molecule has 0 aromatic heterocycles. The predicted octanol–water partition coefficient (Wildman–Crippen LogP) is 2.48. The van der Waals surface area contributed by atoms with Crippen LogP contribution in [0.1, 0.15) is 29.3 Å². The predicted molar refractivity (Wildman–Crippen MR) is 80.5 cm³/mol. The van der Waals surface area contributed by atoms with Crippen molar-refractivity contribution in [1.82, 2.24) is 5.32 Å². The van der Waals surface area contributed by atoms with E-state index in [1.165, 1.54) is 19.1 Å². The highest BCUT2D eigenvalue weighted by atomic mass is 35.7. The quantitative estimate of drug-likeness (QED) is 0.849. The zero-order valence-electron chi connectivity index (χ0n) is 11.5. The molecule has 1 heterocycles. The van der Waals surface area contributed by atoms with Crippen LogP contribution in [0.5, 0.6) is 0 Å². The molecule has 0 saturated carbocycles. The second kappa shape index (κ2) is 6.12. The summed E-state index contributed by atoms with van der Waals surface area (Å²) in [5.41, 5.74) is 0.472. The van der Waals surface area contributed by atoms with E-state index < -0.39 is 9.05 Å². The standard InChI is InChI=1S/C13H15Cl2NO4S/c1-7-10(5-9(14)6-12(7)21(15,18)19)13(17)16-11-3-4-20-8(11)2/h5-6,8,11H,3-4H2,1-2H3,(H,16,17). The van der Waals surface area contributed by atoms with Crippen molar-refractivity contribution in [3.05, 3.63) is 28.3 Å². The molecule has 1 aromatic carbocycles. The van der Waals surface area contributed by atoms with Gasteiger partial charge >= 0.3 is 0 Å². The number of rotatable bonds is 3. The van der Waals surface area contributed by atoms with E-state index in [1.807, 2.05) is 6.92 Å². The third-order valence-electron chi connectivity index (χ3n) is 3.52. The fourth-order valence-electron chi connectivity index (χ4n) is 2.31. The zero-order chi connectivity index (χ0) is 15.8. The van der Waals surface area contributed by atoms with Gasteiger partial charge in [0.05, 0.1) is 17.0 Å². The van der Waals surface area contributed by atoms with Crippen molar-refractivity contribution in [1.29, 1.82) is 0 Å². The molecule has 1 aliphatic heterocycles. The van der Waals surface area contributed by atoms with Crippen molar-refractivity contribution in [3.63, 3.8) is 0 Å². The maximum atomic E-state index is 12.3. The first-order valence-corrected chi connectivity index (χ1v) is 9.06. The minimum absolute atomic E-state index is 0.0790. The molecule has 1 fully saturated rings. The number of benzene rings is 1. The lowest BCUT2D eigenvalue weighted by Crippen LogP contribution is -2.39. The second-order valence-corrected chi connectivity index (χ2v) is 7.93. The molecule has 1 amide bonds. The lowest BCUT2D eigenvalue weighted by molar-refractivity contribution is 0.0865. The number of nitrogens with one attached hydrogen (secondary N) is 1. The highest BCUT2D eigenvalue weighted by Crippen LogP contribution is 2.27. The second-order valence-electron chi connectivity index (χ2n) is 4.96. The van der Waals surface area contributed by atoms with Crippen LogP contribution in [0.3, 0.4) is 0 Å². The van der Waals surface area contributed by atoms with E-state index in [4.69, 9.17) is 27.0 Å². The Morgan fingerprint density at radius 2 is 2.10 bits per heavy atom. The van der Waals surface area contributed by atoms with E-state index in [2.05, 4.69) is 5.32 Å². The number of hydrogen-bond donors (Lipinski definition) is 1. The fraction of sp³-hybridized carbons (Fsp3) is 0.462. The van der Waals surface area contributed by atoms with Gasteiger partial charge in [-0.15, -0.1) is 0 Å². The Kier molecular flexibility index (Phi) is 4.82. The average molecular weight is 352 g/mol. The summed E-state index contributed by atoms with van der Waals surface area (Å²) >= 11 is 5.89. The Morgan fingerprint density at radius 3 is 2.62 bits per heavy atom. The summed E-state index contributed by atoms with van der Waals surface area (Å²) < 4.78 is 28.4. The van der Waals surface area contributed by atoms with Gasteiger partial charge < -0.3 is 10.1 Å². The number of amides is 1. The number of carbonyl (C=O) groups is 1. The summed E-state index contributed by atoms with van der Waals surface area (Å²) in [5, 5.41) is 2.97. The molecular weight excluding hydrogens is 337 g/mol. The Morgan fingerprint density at radius 1 is 1.43 bits per heavy atom. The van der Waals surface area contributed by atoms with Gasteiger partial charge in [0.2, 0.25) is 0 Å². The Hall–Kier alpha value is -0.820. The van der Waals surface area contributed by atoms with E-state index in [1.54, 1.807) is 0 Å². The number of ether oxygens (including phenoxy) is 1. The van der Waals surface area contributed by atoms with Gasteiger partial charge in [0.1, 0.15) is 0 Å². The minimum Gasteiger partial charge on any atom is -0.376 e. The van der Waals surface area contributed by atoms with E-state index >= 15 is 0 Å². The average Bonchev–Trinajstić information content (AvgIpc) is 2.76. The summed E-state index contributed by atoms with van der Waals surface area (Å²) in [4.78, 5) is 12.2. The Balaban J connectivity index is 2.35. The van der Waals surface area contributed by atoms with Gasteiger partial charge in [0.25, 0.3) is 15.0 Å². The molecule has 116 valence electrons. The molecule has 0 spiro atoms. The summed E-state index contributed by atoms with van der Waals surface area (Å²) in [7, 11) is 1.40. The van der Waals surface area contributed by atoms with Crippen LogP contribution in [-0.4, -0.2) is 33.1 Å². The van der Waals surface area contributed by atoms with Gasteiger partial charge in [0.15, 0.2) is 0 Å². The molecule has 0 radical (unpaired) electrons. The highest BCUT2D eigenvalue weighted by molar-refractivity contribution is 8.13. The molecule has 1 aliphatic rings. The fourth-order valence-corrected chi connectivity index (χ4v) is 3.82. The van der Waals surface area contributed by atoms with Crippen LogP contribution in [0.4, 0.5) is 0 Å². The molecule has 2 rings (SSSR count). The maximum absolute atomic E-state index is 12.3. The van der Waals surface area contributed by atoms with E-state index in [-0.39, 0.29) is 39.1 Å². The minimum atomic E-state index is -3.97. The van der Waals surface area contributed by atoms with Crippen LogP contribution < -0.4 is 5.32 Å². The summed E-state index contributed by atoms with van der Waals surface area (Å²) in [6.45, 7) is 3.98. The molecule has 5 nitrogen and oxygen atoms in total. The van der Waals surface area contributed by atoms with Gasteiger partial charge in [-0.2, -0.15) is 0 Å². The molecule has 1 aromatic rings. The van der Waals surface area contributed by atoms with Gasteiger partial charge in [-0.05, 0) is 38.0 Å².